The number of hydrogen-bond acceptors (Lipinski definition) is 4. The van der Waals surface area contributed by atoms with Gasteiger partial charge >= 0.3 is 0 Å². The van der Waals surface area contributed by atoms with Crippen LogP contribution in [0.2, 0.25) is 0 Å². The number of imidazole rings is 1. The molecule has 4 rings (SSSR count). The minimum absolute atomic E-state index is 0.176. The Hall–Kier alpha value is -4.00. The predicted molar refractivity (Wildman–Crippen MR) is 110 cm³/mol. The second-order valence-corrected chi connectivity index (χ2v) is 6.44. The first-order valence-electron chi connectivity index (χ1n) is 9.13. The first kappa shape index (κ1) is 18.4. The van der Waals surface area contributed by atoms with Gasteiger partial charge in [-0.1, -0.05) is 30.3 Å². The molecule has 0 fully saturated rings. The lowest BCUT2D eigenvalue weighted by molar-refractivity contribution is 0.0947. The summed E-state index contributed by atoms with van der Waals surface area (Å²) in [4.78, 5) is 35.9. The van der Waals surface area contributed by atoms with Crippen molar-refractivity contribution >= 4 is 23.0 Å². The van der Waals surface area contributed by atoms with Crippen LogP contribution in [0.25, 0.3) is 5.52 Å². The normalized spacial score (nSPS) is 10.7. The third-order valence-electron chi connectivity index (χ3n) is 4.56. The van der Waals surface area contributed by atoms with Crippen molar-refractivity contribution in [1.82, 2.24) is 19.7 Å². The van der Waals surface area contributed by atoms with E-state index < -0.39 is 0 Å². The molecular formula is C22H19N5O2. The highest BCUT2D eigenvalue weighted by Crippen LogP contribution is 2.18. The van der Waals surface area contributed by atoms with Crippen LogP contribution in [-0.2, 0) is 6.54 Å². The van der Waals surface area contributed by atoms with Crippen molar-refractivity contribution in [2.45, 2.75) is 6.54 Å². The number of para-hydroxylation sites is 1. The summed E-state index contributed by atoms with van der Waals surface area (Å²) < 4.78 is 1.64. The molecule has 0 aliphatic rings. The van der Waals surface area contributed by atoms with Gasteiger partial charge in [-0.3, -0.25) is 19.0 Å². The second kappa shape index (κ2) is 7.93. The van der Waals surface area contributed by atoms with Crippen LogP contribution in [0.3, 0.4) is 0 Å². The maximum absolute atomic E-state index is 13.1. The number of fused-ring (bicyclic) bond motifs is 1. The second-order valence-electron chi connectivity index (χ2n) is 6.44. The molecule has 1 aromatic carbocycles. The van der Waals surface area contributed by atoms with Gasteiger partial charge in [0.25, 0.3) is 11.8 Å². The zero-order valence-corrected chi connectivity index (χ0v) is 15.8. The lowest BCUT2D eigenvalue weighted by Crippen LogP contribution is -2.28. The molecule has 3 aromatic heterocycles. The van der Waals surface area contributed by atoms with Crippen LogP contribution in [0, 0.1) is 0 Å². The van der Waals surface area contributed by atoms with Gasteiger partial charge in [0.05, 0.1) is 17.8 Å². The van der Waals surface area contributed by atoms with Gasteiger partial charge in [-0.25, -0.2) is 4.98 Å². The number of carbonyl (C=O) groups is 2. The van der Waals surface area contributed by atoms with Gasteiger partial charge in [-0.15, -0.1) is 0 Å². The van der Waals surface area contributed by atoms with Crippen LogP contribution in [0.4, 0.5) is 5.69 Å². The van der Waals surface area contributed by atoms with Gasteiger partial charge in [0, 0.05) is 25.1 Å². The monoisotopic (exact) mass is 385 g/mol. The average Bonchev–Trinajstić information content (AvgIpc) is 3.17. The summed E-state index contributed by atoms with van der Waals surface area (Å²) in [6, 6.07) is 20.2. The molecule has 144 valence electrons. The van der Waals surface area contributed by atoms with Gasteiger partial charge in [-0.05, 0) is 36.4 Å². The van der Waals surface area contributed by atoms with Gasteiger partial charge in [0.1, 0.15) is 0 Å². The number of rotatable bonds is 5. The fourth-order valence-electron chi connectivity index (χ4n) is 3.03. The van der Waals surface area contributed by atoms with Crippen LogP contribution >= 0.6 is 0 Å². The summed E-state index contributed by atoms with van der Waals surface area (Å²) in [6.45, 7) is 0.277. The minimum atomic E-state index is -0.360. The molecule has 0 saturated heterocycles. The summed E-state index contributed by atoms with van der Waals surface area (Å²) >= 11 is 0. The highest BCUT2D eigenvalue weighted by molar-refractivity contribution is 6.07. The number of anilines is 1. The minimum Gasteiger partial charge on any atom is -0.345 e. The fraction of sp³-hybridized carbons (Fsp3) is 0.0909. The number of pyridine rings is 2. The molecule has 3 heterocycles. The SMILES string of the molecule is CN(C(=O)c1nc(C(=O)NCc2ccccn2)c2ccccn12)c1ccccc1. The third-order valence-corrected chi connectivity index (χ3v) is 4.56. The van der Waals surface area contributed by atoms with Crippen LogP contribution in [0.15, 0.2) is 79.1 Å². The lowest BCUT2D eigenvalue weighted by atomic mass is 10.3. The molecule has 7 heteroatoms. The van der Waals surface area contributed by atoms with Gasteiger partial charge < -0.3 is 10.2 Å². The van der Waals surface area contributed by atoms with Crippen molar-refractivity contribution < 1.29 is 9.59 Å². The largest absolute Gasteiger partial charge is 0.345 e. The van der Waals surface area contributed by atoms with E-state index in [0.717, 1.165) is 11.4 Å². The number of benzene rings is 1. The molecule has 0 unspecified atom stereocenters. The standard InChI is InChI=1S/C22H19N5O2/c1-26(17-10-3-2-4-11-17)22(29)20-25-19(18-12-6-8-14-27(18)20)21(28)24-15-16-9-5-7-13-23-16/h2-14H,15H2,1H3,(H,24,28). The van der Waals surface area contributed by atoms with E-state index in [-0.39, 0.29) is 29.9 Å². The molecule has 0 spiro atoms. The summed E-state index contributed by atoms with van der Waals surface area (Å²) in [5, 5.41) is 2.82. The van der Waals surface area contributed by atoms with Crippen molar-refractivity contribution in [2.24, 2.45) is 0 Å². The van der Waals surface area contributed by atoms with Crippen molar-refractivity contribution in [3.8, 4) is 0 Å². The molecule has 0 aliphatic carbocycles. The summed E-state index contributed by atoms with van der Waals surface area (Å²) in [5.41, 5.74) is 2.25. The topological polar surface area (TPSA) is 79.6 Å². The van der Waals surface area contributed by atoms with E-state index in [1.165, 1.54) is 4.90 Å². The highest BCUT2D eigenvalue weighted by Gasteiger charge is 2.24. The van der Waals surface area contributed by atoms with E-state index in [2.05, 4.69) is 15.3 Å². The first-order valence-corrected chi connectivity index (χ1v) is 9.13. The summed E-state index contributed by atoms with van der Waals surface area (Å²) in [6.07, 6.45) is 3.40. The van der Waals surface area contributed by atoms with Gasteiger partial charge in [0.15, 0.2) is 5.69 Å². The molecular weight excluding hydrogens is 366 g/mol. The molecule has 0 atom stereocenters. The molecule has 0 aliphatic heterocycles. The number of nitrogens with zero attached hydrogens (tertiary/aromatic N) is 4. The van der Waals surface area contributed by atoms with E-state index in [9.17, 15) is 9.59 Å². The molecule has 0 saturated carbocycles. The quantitative estimate of drug-likeness (QED) is 0.573. The van der Waals surface area contributed by atoms with Gasteiger partial charge in [0.2, 0.25) is 5.82 Å². The Bertz CT molecular complexity index is 1160. The fourth-order valence-corrected chi connectivity index (χ4v) is 3.03. The summed E-state index contributed by atoms with van der Waals surface area (Å²) in [7, 11) is 1.68. The van der Waals surface area contributed by atoms with Crippen molar-refractivity contribution in [3.63, 3.8) is 0 Å². The maximum Gasteiger partial charge on any atom is 0.294 e. The van der Waals surface area contributed by atoms with Crippen LogP contribution in [0.5, 0.6) is 0 Å². The van der Waals surface area contributed by atoms with Crippen LogP contribution < -0.4 is 10.2 Å². The zero-order valence-electron chi connectivity index (χ0n) is 15.8. The van der Waals surface area contributed by atoms with E-state index >= 15 is 0 Å². The number of carbonyl (C=O) groups excluding carboxylic acids is 2. The lowest BCUT2D eigenvalue weighted by Gasteiger charge is -2.16. The zero-order chi connectivity index (χ0) is 20.2. The first-order chi connectivity index (χ1) is 14.1. The third kappa shape index (κ3) is 3.70. The Labute approximate surface area is 167 Å². The Kier molecular flexibility index (Phi) is 5.03. The summed E-state index contributed by atoms with van der Waals surface area (Å²) in [5.74, 6) is -0.489. The Morgan fingerprint density at radius 2 is 1.76 bits per heavy atom. The molecule has 7 nitrogen and oxygen atoms in total. The van der Waals surface area contributed by atoms with Crippen molar-refractivity contribution in [1.29, 1.82) is 0 Å². The Balaban J connectivity index is 1.64. The molecule has 29 heavy (non-hydrogen) atoms. The van der Waals surface area contributed by atoms with E-state index in [0.29, 0.717) is 5.52 Å². The Morgan fingerprint density at radius 1 is 1.00 bits per heavy atom. The number of aromatic nitrogens is 3. The highest BCUT2D eigenvalue weighted by atomic mass is 16.2. The van der Waals surface area contributed by atoms with E-state index in [1.807, 2.05) is 54.6 Å². The van der Waals surface area contributed by atoms with Gasteiger partial charge in [-0.2, -0.15) is 0 Å². The molecule has 1 N–H and O–H groups in total. The Morgan fingerprint density at radius 3 is 2.52 bits per heavy atom. The van der Waals surface area contributed by atoms with E-state index in [1.54, 1.807) is 36.0 Å². The van der Waals surface area contributed by atoms with Crippen molar-refractivity contribution in [3.05, 3.63) is 96.3 Å². The smallest absolute Gasteiger partial charge is 0.294 e. The predicted octanol–water partition coefficient (Wildman–Crippen LogP) is 2.94. The molecule has 0 radical (unpaired) electrons. The number of amides is 2. The maximum atomic E-state index is 13.1. The van der Waals surface area contributed by atoms with E-state index in [4.69, 9.17) is 0 Å². The van der Waals surface area contributed by atoms with Crippen molar-refractivity contribution in [2.75, 3.05) is 11.9 Å². The molecule has 4 aromatic rings. The number of nitrogens with one attached hydrogen (secondary N) is 1. The average molecular weight is 385 g/mol. The number of hydrogen-bond donors (Lipinski definition) is 1. The van der Waals surface area contributed by atoms with Crippen LogP contribution in [0.1, 0.15) is 26.8 Å². The molecule has 2 amide bonds. The molecule has 0 bridgehead atoms. The van der Waals surface area contributed by atoms with Crippen LogP contribution in [-0.4, -0.2) is 33.2 Å².